The summed E-state index contributed by atoms with van der Waals surface area (Å²) in [6.45, 7) is 5.24. The lowest BCUT2D eigenvalue weighted by Crippen LogP contribution is -2.50. The smallest absolute Gasteiger partial charge is 0.270 e. The molecule has 0 spiro atoms. The summed E-state index contributed by atoms with van der Waals surface area (Å²) >= 11 is 3.35. The zero-order valence-corrected chi connectivity index (χ0v) is 19.9. The molecule has 0 bridgehead atoms. The van der Waals surface area contributed by atoms with Crippen LogP contribution in [0.1, 0.15) is 17.2 Å². The Morgan fingerprint density at radius 3 is 2.30 bits per heavy atom. The summed E-state index contributed by atoms with van der Waals surface area (Å²) in [4.78, 5) is 28.6. The normalized spacial score (nSPS) is 15.2. The number of rotatable bonds is 6. The number of amides is 1. The molecule has 3 aromatic rings. The number of hydrogen-bond acceptors (Lipinski definition) is 5. The topological polar surface area (TPSA) is 78.7 Å². The average Bonchev–Trinajstić information content (AvgIpc) is 2.82. The van der Waals surface area contributed by atoms with Gasteiger partial charge in [0.15, 0.2) is 0 Å². The Morgan fingerprint density at radius 1 is 1.00 bits per heavy atom. The fourth-order valence-electron chi connectivity index (χ4n) is 4.22. The van der Waals surface area contributed by atoms with Crippen molar-refractivity contribution >= 4 is 38.9 Å². The average molecular weight is 509 g/mol. The first kappa shape index (κ1) is 22.9. The molecule has 33 heavy (non-hydrogen) atoms. The fourth-order valence-corrected chi connectivity index (χ4v) is 4.69. The largest absolute Gasteiger partial charge is 0.369 e. The number of benzene rings is 3. The van der Waals surface area contributed by atoms with Crippen LogP contribution >= 0.6 is 15.9 Å². The molecule has 1 fully saturated rings. The Labute approximate surface area is 201 Å². The molecule has 0 aromatic heterocycles. The van der Waals surface area contributed by atoms with Gasteiger partial charge in [-0.3, -0.25) is 19.8 Å². The van der Waals surface area contributed by atoms with Crippen LogP contribution in [0.2, 0.25) is 0 Å². The number of para-hydroxylation sites is 1. The van der Waals surface area contributed by atoms with Gasteiger partial charge in [0.1, 0.15) is 6.04 Å². The summed E-state index contributed by atoms with van der Waals surface area (Å²) in [6, 6.07) is 21.9. The molecule has 3 aromatic carbocycles. The number of carbonyl (C=O) groups excluding carboxylic acids is 1. The van der Waals surface area contributed by atoms with Gasteiger partial charge in [-0.25, -0.2) is 0 Å². The molecule has 1 saturated heterocycles. The number of nitrogens with zero attached hydrogens (tertiary/aromatic N) is 3. The standard InChI is InChI=1S/C25H25BrN4O3/c1-18-7-5-6-10-23(18)28-13-15-29(16-14-28)24(19-8-3-2-4-9-19)25(31)27-22-12-11-20(30(32)33)17-21(22)26/h2-12,17,24H,13-16H2,1H3,(H,27,31)/t24-/m1/s1. The van der Waals surface area contributed by atoms with Gasteiger partial charge in [-0.2, -0.15) is 0 Å². The van der Waals surface area contributed by atoms with E-state index in [1.807, 2.05) is 36.4 Å². The molecule has 0 saturated carbocycles. The van der Waals surface area contributed by atoms with Crippen LogP contribution in [-0.2, 0) is 4.79 Å². The third kappa shape index (κ3) is 5.23. The van der Waals surface area contributed by atoms with Gasteiger partial charge in [-0.15, -0.1) is 0 Å². The van der Waals surface area contributed by atoms with Gasteiger partial charge < -0.3 is 10.2 Å². The van der Waals surface area contributed by atoms with Crippen LogP contribution in [0.15, 0.2) is 77.3 Å². The molecule has 170 valence electrons. The van der Waals surface area contributed by atoms with Gasteiger partial charge in [0.2, 0.25) is 5.91 Å². The van der Waals surface area contributed by atoms with Gasteiger partial charge in [0.25, 0.3) is 5.69 Å². The zero-order valence-electron chi connectivity index (χ0n) is 18.3. The lowest BCUT2D eigenvalue weighted by molar-refractivity contribution is -0.384. The van der Waals surface area contributed by atoms with Gasteiger partial charge in [0, 0.05) is 48.5 Å². The van der Waals surface area contributed by atoms with E-state index < -0.39 is 11.0 Å². The molecule has 7 nitrogen and oxygen atoms in total. The monoisotopic (exact) mass is 508 g/mol. The SMILES string of the molecule is Cc1ccccc1N1CCN([C@@H](C(=O)Nc2ccc([N+](=O)[O-])cc2Br)c2ccccc2)CC1. The zero-order chi connectivity index (χ0) is 23.4. The van der Waals surface area contributed by atoms with Crippen molar-refractivity contribution in [3.8, 4) is 0 Å². The van der Waals surface area contributed by atoms with E-state index in [0.29, 0.717) is 10.2 Å². The lowest BCUT2D eigenvalue weighted by atomic mass is 10.0. The minimum atomic E-state index is -0.465. The second kappa shape index (κ2) is 10.1. The van der Waals surface area contributed by atoms with Crippen LogP contribution in [0, 0.1) is 17.0 Å². The summed E-state index contributed by atoms with van der Waals surface area (Å²) in [6.07, 6.45) is 0. The number of halogens is 1. The number of nitrogens with one attached hydrogen (secondary N) is 1. The second-order valence-electron chi connectivity index (χ2n) is 8.03. The molecule has 0 aliphatic carbocycles. The Bertz CT molecular complexity index is 1150. The Morgan fingerprint density at radius 2 is 1.67 bits per heavy atom. The van der Waals surface area contributed by atoms with E-state index in [0.717, 1.165) is 31.7 Å². The van der Waals surface area contributed by atoms with Gasteiger partial charge in [0.05, 0.1) is 10.6 Å². The Kier molecular flexibility index (Phi) is 7.05. The van der Waals surface area contributed by atoms with E-state index in [2.05, 4.69) is 56.2 Å². The molecular formula is C25H25BrN4O3. The highest BCUT2D eigenvalue weighted by molar-refractivity contribution is 9.10. The van der Waals surface area contributed by atoms with Crippen LogP contribution in [0.25, 0.3) is 0 Å². The summed E-state index contributed by atoms with van der Waals surface area (Å²) in [5.74, 6) is -0.167. The number of non-ortho nitro benzene ring substituents is 1. The third-order valence-electron chi connectivity index (χ3n) is 5.92. The van der Waals surface area contributed by atoms with E-state index in [1.165, 1.54) is 23.4 Å². The maximum Gasteiger partial charge on any atom is 0.270 e. The van der Waals surface area contributed by atoms with Crippen molar-refractivity contribution in [2.75, 3.05) is 36.4 Å². The Hall–Kier alpha value is -3.23. The highest BCUT2D eigenvalue weighted by Crippen LogP contribution is 2.30. The Balaban J connectivity index is 1.54. The molecule has 0 unspecified atom stereocenters. The predicted molar refractivity (Wildman–Crippen MR) is 134 cm³/mol. The van der Waals surface area contributed by atoms with Crippen molar-refractivity contribution in [2.24, 2.45) is 0 Å². The maximum absolute atomic E-state index is 13.5. The second-order valence-corrected chi connectivity index (χ2v) is 8.89. The van der Waals surface area contributed by atoms with Gasteiger partial charge in [-0.1, -0.05) is 48.5 Å². The molecule has 4 rings (SSSR count). The summed E-state index contributed by atoms with van der Waals surface area (Å²) < 4.78 is 0.473. The highest BCUT2D eigenvalue weighted by atomic mass is 79.9. The van der Waals surface area contributed by atoms with Crippen LogP contribution in [-0.4, -0.2) is 41.9 Å². The van der Waals surface area contributed by atoms with Crippen molar-refractivity contribution < 1.29 is 9.72 Å². The van der Waals surface area contributed by atoms with E-state index in [-0.39, 0.29) is 11.6 Å². The first-order chi connectivity index (χ1) is 15.9. The minimum Gasteiger partial charge on any atom is -0.369 e. The van der Waals surface area contributed by atoms with Crippen LogP contribution in [0.3, 0.4) is 0 Å². The summed E-state index contributed by atoms with van der Waals surface area (Å²) in [5.41, 5.74) is 3.85. The summed E-state index contributed by atoms with van der Waals surface area (Å²) in [7, 11) is 0. The molecule has 1 atom stereocenters. The number of aryl methyl sites for hydroxylation is 1. The predicted octanol–water partition coefficient (Wildman–Crippen LogP) is 5.17. The molecule has 1 aliphatic rings. The van der Waals surface area contributed by atoms with E-state index in [1.54, 1.807) is 6.07 Å². The van der Waals surface area contributed by atoms with Crippen molar-refractivity contribution in [2.45, 2.75) is 13.0 Å². The fraction of sp³-hybridized carbons (Fsp3) is 0.240. The molecule has 1 aliphatic heterocycles. The molecule has 0 radical (unpaired) electrons. The van der Waals surface area contributed by atoms with E-state index in [4.69, 9.17) is 0 Å². The molecular weight excluding hydrogens is 484 g/mol. The van der Waals surface area contributed by atoms with Crippen molar-refractivity contribution in [3.63, 3.8) is 0 Å². The minimum absolute atomic E-state index is 0.0354. The van der Waals surface area contributed by atoms with Crippen LogP contribution in [0.4, 0.5) is 17.1 Å². The van der Waals surface area contributed by atoms with E-state index in [9.17, 15) is 14.9 Å². The first-order valence-electron chi connectivity index (χ1n) is 10.8. The van der Waals surface area contributed by atoms with Crippen molar-refractivity contribution in [3.05, 3.63) is 98.5 Å². The van der Waals surface area contributed by atoms with Crippen LogP contribution < -0.4 is 10.2 Å². The molecule has 1 heterocycles. The van der Waals surface area contributed by atoms with Crippen molar-refractivity contribution in [1.29, 1.82) is 0 Å². The number of nitro benzene ring substituents is 1. The number of hydrogen-bond donors (Lipinski definition) is 1. The quantitative estimate of drug-likeness (QED) is 0.367. The maximum atomic E-state index is 13.5. The van der Waals surface area contributed by atoms with Crippen molar-refractivity contribution in [1.82, 2.24) is 4.90 Å². The first-order valence-corrected chi connectivity index (χ1v) is 11.6. The van der Waals surface area contributed by atoms with E-state index >= 15 is 0 Å². The highest BCUT2D eigenvalue weighted by Gasteiger charge is 2.31. The summed E-state index contributed by atoms with van der Waals surface area (Å²) in [5, 5.41) is 14.0. The molecule has 1 amide bonds. The lowest BCUT2D eigenvalue weighted by Gasteiger charge is -2.40. The number of piperazine rings is 1. The van der Waals surface area contributed by atoms with Crippen LogP contribution in [0.5, 0.6) is 0 Å². The number of carbonyl (C=O) groups is 1. The molecule has 8 heteroatoms. The van der Waals surface area contributed by atoms with Gasteiger partial charge >= 0.3 is 0 Å². The number of nitro groups is 1. The third-order valence-corrected chi connectivity index (χ3v) is 6.58. The number of anilines is 2. The van der Waals surface area contributed by atoms with Gasteiger partial charge in [-0.05, 0) is 46.1 Å². The molecule has 1 N–H and O–H groups in total.